The van der Waals surface area contributed by atoms with E-state index in [-0.39, 0.29) is 34.5 Å². The Hall–Kier alpha value is -4.32. The SMILES string of the molecule is CCS(=O)(=O)c1ccc(CC(=O)Nc2ccc(-n3cccn3)c(Oc3cccc(OC(F)(F)F)c3)c2)cc1. The minimum absolute atomic E-state index is 0.0135. The molecule has 38 heavy (non-hydrogen) atoms. The van der Waals surface area contributed by atoms with Gasteiger partial charge in [0.05, 0.1) is 17.1 Å². The van der Waals surface area contributed by atoms with Gasteiger partial charge in [-0.15, -0.1) is 13.2 Å². The number of alkyl halides is 3. The molecule has 0 saturated heterocycles. The van der Waals surface area contributed by atoms with Crippen LogP contribution in [0.25, 0.3) is 5.69 Å². The minimum atomic E-state index is -4.85. The van der Waals surface area contributed by atoms with Gasteiger partial charge in [-0.05, 0) is 48.0 Å². The van der Waals surface area contributed by atoms with E-state index in [1.807, 2.05) is 0 Å². The highest BCUT2D eigenvalue weighted by molar-refractivity contribution is 7.91. The summed E-state index contributed by atoms with van der Waals surface area (Å²) in [6.07, 6.45) is -1.66. The van der Waals surface area contributed by atoms with E-state index in [9.17, 15) is 26.4 Å². The number of halogens is 3. The second-order valence-electron chi connectivity index (χ2n) is 8.03. The maximum Gasteiger partial charge on any atom is 0.573 e. The molecule has 0 spiro atoms. The summed E-state index contributed by atoms with van der Waals surface area (Å²) < 4.78 is 73.2. The molecule has 0 unspecified atom stereocenters. The van der Waals surface area contributed by atoms with E-state index in [4.69, 9.17) is 4.74 Å². The first-order valence-electron chi connectivity index (χ1n) is 11.3. The van der Waals surface area contributed by atoms with E-state index in [2.05, 4.69) is 15.2 Å². The average molecular weight is 546 g/mol. The molecule has 8 nitrogen and oxygen atoms in total. The lowest BCUT2D eigenvalue weighted by Gasteiger charge is -2.15. The molecule has 0 atom stereocenters. The topological polar surface area (TPSA) is 99.5 Å². The monoisotopic (exact) mass is 545 g/mol. The molecule has 0 fully saturated rings. The lowest BCUT2D eigenvalue weighted by molar-refractivity contribution is -0.274. The highest BCUT2D eigenvalue weighted by atomic mass is 32.2. The molecular formula is C26H22F3N3O5S. The van der Waals surface area contributed by atoms with Gasteiger partial charge in [-0.25, -0.2) is 13.1 Å². The van der Waals surface area contributed by atoms with Gasteiger partial charge in [-0.1, -0.05) is 25.1 Å². The molecule has 198 valence electrons. The third-order valence-corrected chi connectivity index (χ3v) is 7.04. The number of sulfone groups is 1. The van der Waals surface area contributed by atoms with Crippen LogP contribution in [0.5, 0.6) is 17.2 Å². The van der Waals surface area contributed by atoms with Crippen LogP contribution >= 0.6 is 0 Å². The Morgan fingerprint density at radius 3 is 2.39 bits per heavy atom. The van der Waals surface area contributed by atoms with Gasteiger partial charge >= 0.3 is 6.36 Å². The van der Waals surface area contributed by atoms with Crippen LogP contribution in [0.4, 0.5) is 18.9 Å². The molecule has 3 aromatic carbocycles. The molecule has 1 aromatic heterocycles. The molecule has 0 aliphatic heterocycles. The number of nitrogens with zero attached hydrogens (tertiary/aromatic N) is 2. The fraction of sp³-hybridized carbons (Fsp3) is 0.154. The van der Waals surface area contributed by atoms with E-state index in [0.717, 1.165) is 12.1 Å². The van der Waals surface area contributed by atoms with Crippen LogP contribution in [0, 0.1) is 0 Å². The number of ether oxygens (including phenoxy) is 2. The number of amides is 1. The Morgan fingerprint density at radius 2 is 1.74 bits per heavy atom. The maximum atomic E-state index is 12.7. The Kier molecular flexibility index (Phi) is 7.72. The molecule has 0 radical (unpaired) electrons. The Morgan fingerprint density at radius 1 is 1.00 bits per heavy atom. The fourth-order valence-electron chi connectivity index (χ4n) is 3.51. The number of nitrogens with one attached hydrogen (secondary N) is 1. The van der Waals surface area contributed by atoms with Crippen LogP contribution < -0.4 is 14.8 Å². The van der Waals surface area contributed by atoms with E-state index < -0.39 is 21.9 Å². The minimum Gasteiger partial charge on any atom is -0.455 e. The number of hydrogen-bond acceptors (Lipinski definition) is 6. The number of rotatable bonds is 9. The third kappa shape index (κ3) is 6.91. The molecule has 4 rings (SSSR count). The predicted octanol–water partition coefficient (Wildman–Crippen LogP) is 5.54. The smallest absolute Gasteiger partial charge is 0.455 e. The maximum absolute atomic E-state index is 12.7. The molecule has 0 aliphatic rings. The van der Waals surface area contributed by atoms with Crippen molar-refractivity contribution >= 4 is 21.4 Å². The van der Waals surface area contributed by atoms with Crippen molar-refractivity contribution in [3.63, 3.8) is 0 Å². The second-order valence-corrected chi connectivity index (χ2v) is 10.3. The molecule has 0 bridgehead atoms. The Balaban J connectivity index is 1.54. The van der Waals surface area contributed by atoms with E-state index in [1.54, 1.807) is 49.6 Å². The Labute approximate surface area is 216 Å². The van der Waals surface area contributed by atoms with Gasteiger partial charge in [0.1, 0.15) is 17.2 Å². The zero-order valence-electron chi connectivity index (χ0n) is 20.0. The zero-order valence-corrected chi connectivity index (χ0v) is 20.8. The standard InChI is InChI=1S/C26H22F3N3O5S/c1-2-38(34,35)22-10-7-18(8-11-22)15-25(33)31-19-9-12-23(32-14-4-13-30-32)24(16-19)36-20-5-3-6-21(17-20)37-26(27,28)29/h3-14,16-17H,2,15H2,1H3,(H,31,33). The van der Waals surface area contributed by atoms with Crippen molar-refractivity contribution in [2.75, 3.05) is 11.1 Å². The largest absolute Gasteiger partial charge is 0.573 e. The van der Waals surface area contributed by atoms with Crippen LogP contribution in [0.3, 0.4) is 0 Å². The van der Waals surface area contributed by atoms with E-state index >= 15 is 0 Å². The number of benzene rings is 3. The molecule has 0 saturated carbocycles. The summed E-state index contributed by atoms with van der Waals surface area (Å²) in [4.78, 5) is 12.9. The molecule has 1 heterocycles. The van der Waals surface area contributed by atoms with Crippen LogP contribution in [0.1, 0.15) is 12.5 Å². The van der Waals surface area contributed by atoms with Crippen molar-refractivity contribution in [3.8, 4) is 22.9 Å². The van der Waals surface area contributed by atoms with Crippen LogP contribution in [0.15, 0.2) is 90.1 Å². The van der Waals surface area contributed by atoms with Gasteiger partial charge < -0.3 is 14.8 Å². The van der Waals surface area contributed by atoms with Crippen molar-refractivity contribution in [3.05, 3.63) is 90.8 Å². The molecule has 12 heteroatoms. The predicted molar refractivity (Wildman–Crippen MR) is 133 cm³/mol. The molecule has 4 aromatic rings. The number of carbonyl (C=O) groups is 1. The summed E-state index contributed by atoms with van der Waals surface area (Å²) in [5.74, 6) is -0.548. The number of carbonyl (C=O) groups excluding carboxylic acids is 1. The molecule has 0 aliphatic carbocycles. The van der Waals surface area contributed by atoms with Gasteiger partial charge in [-0.2, -0.15) is 5.10 Å². The summed E-state index contributed by atoms with van der Waals surface area (Å²) >= 11 is 0. The summed E-state index contributed by atoms with van der Waals surface area (Å²) in [6, 6.07) is 17.6. The normalized spacial score (nSPS) is 11.7. The first-order valence-corrected chi connectivity index (χ1v) is 13.0. The van der Waals surface area contributed by atoms with Crippen molar-refractivity contribution in [2.45, 2.75) is 24.6 Å². The van der Waals surface area contributed by atoms with E-state index in [0.29, 0.717) is 16.9 Å². The Bertz CT molecular complexity index is 1520. The third-order valence-electron chi connectivity index (χ3n) is 5.29. The van der Waals surface area contributed by atoms with Gasteiger partial charge in [0.15, 0.2) is 15.6 Å². The lowest BCUT2D eigenvalue weighted by Crippen LogP contribution is -2.17. The zero-order chi connectivity index (χ0) is 27.3. The van der Waals surface area contributed by atoms with Gasteiger partial charge in [0.2, 0.25) is 5.91 Å². The quantitative estimate of drug-likeness (QED) is 0.297. The second kappa shape index (κ2) is 11.0. The summed E-state index contributed by atoms with van der Waals surface area (Å²) in [5, 5.41) is 6.91. The van der Waals surface area contributed by atoms with Gasteiger partial charge in [-0.3, -0.25) is 4.79 Å². The lowest BCUT2D eigenvalue weighted by atomic mass is 10.1. The summed E-state index contributed by atoms with van der Waals surface area (Å²) in [5.41, 5.74) is 1.46. The van der Waals surface area contributed by atoms with Gasteiger partial charge in [0.25, 0.3) is 0 Å². The van der Waals surface area contributed by atoms with Crippen molar-refractivity contribution in [1.82, 2.24) is 9.78 Å². The van der Waals surface area contributed by atoms with Crippen LogP contribution in [-0.4, -0.2) is 36.2 Å². The number of aromatic nitrogens is 2. The first-order chi connectivity index (χ1) is 18.0. The molecule has 1 amide bonds. The summed E-state index contributed by atoms with van der Waals surface area (Å²) in [7, 11) is -3.34. The first kappa shape index (κ1) is 26.7. The van der Waals surface area contributed by atoms with Crippen molar-refractivity contribution in [1.29, 1.82) is 0 Å². The molecular weight excluding hydrogens is 523 g/mol. The fourth-order valence-corrected chi connectivity index (χ4v) is 4.39. The highest BCUT2D eigenvalue weighted by Gasteiger charge is 2.31. The number of hydrogen-bond donors (Lipinski definition) is 1. The van der Waals surface area contributed by atoms with Gasteiger partial charge in [0, 0.05) is 30.2 Å². The van der Waals surface area contributed by atoms with Crippen LogP contribution in [-0.2, 0) is 21.1 Å². The van der Waals surface area contributed by atoms with Crippen molar-refractivity contribution in [2.24, 2.45) is 0 Å². The average Bonchev–Trinajstić information content (AvgIpc) is 3.38. The molecule has 1 N–H and O–H groups in total. The van der Waals surface area contributed by atoms with Crippen molar-refractivity contribution < 1.29 is 35.9 Å². The van der Waals surface area contributed by atoms with Crippen LogP contribution in [0.2, 0.25) is 0 Å². The summed E-state index contributed by atoms with van der Waals surface area (Å²) in [6.45, 7) is 1.55. The van der Waals surface area contributed by atoms with E-state index in [1.165, 1.54) is 35.0 Å². The number of anilines is 1. The highest BCUT2D eigenvalue weighted by Crippen LogP contribution is 2.33.